The predicted molar refractivity (Wildman–Crippen MR) is 129 cm³/mol. The summed E-state index contributed by atoms with van der Waals surface area (Å²) in [4.78, 5) is 12.4. The molecule has 2 unspecified atom stereocenters. The summed E-state index contributed by atoms with van der Waals surface area (Å²) in [7, 11) is 0. The number of piperazine rings is 1. The van der Waals surface area contributed by atoms with Crippen molar-refractivity contribution in [3.63, 3.8) is 0 Å². The second-order valence-corrected chi connectivity index (χ2v) is 8.55. The third kappa shape index (κ3) is 8.05. The van der Waals surface area contributed by atoms with Crippen LogP contribution in [0.5, 0.6) is 0 Å². The maximum absolute atomic E-state index is 4.94. The first kappa shape index (κ1) is 24.4. The molecule has 0 aliphatic carbocycles. The van der Waals surface area contributed by atoms with Crippen molar-refractivity contribution in [1.29, 1.82) is 0 Å². The highest BCUT2D eigenvalue weighted by molar-refractivity contribution is 14.0. The molecule has 0 radical (unpaired) electrons. The molecule has 1 N–H and O–H groups in total. The highest BCUT2D eigenvalue weighted by Gasteiger charge is 2.22. The van der Waals surface area contributed by atoms with Gasteiger partial charge in [0.25, 0.3) is 0 Å². The number of halogens is 1. The molecule has 2 atom stereocenters. The maximum Gasteiger partial charge on any atom is 0.194 e. The second kappa shape index (κ2) is 12.7. The van der Waals surface area contributed by atoms with Gasteiger partial charge in [0.2, 0.25) is 0 Å². The van der Waals surface area contributed by atoms with Crippen LogP contribution in [0.4, 0.5) is 0 Å². The fourth-order valence-corrected chi connectivity index (χ4v) is 4.55. The molecule has 0 bridgehead atoms. The average molecular weight is 518 g/mol. The molecule has 0 saturated carbocycles. The Morgan fingerprint density at radius 3 is 2.52 bits per heavy atom. The number of guanidine groups is 1. The van der Waals surface area contributed by atoms with E-state index >= 15 is 0 Å². The van der Waals surface area contributed by atoms with E-state index in [4.69, 9.17) is 9.52 Å². The fraction of sp³-hybridized carbons (Fsp3) is 0.810. The topological polar surface area (TPSA) is 60.1 Å². The SMILES string of the molecule is CCNC(=NCCCN1CC(C)CC(C)C1)N1CCN(Cc2ccon2)CC1.I. The summed E-state index contributed by atoms with van der Waals surface area (Å²) < 4.78 is 4.94. The van der Waals surface area contributed by atoms with Crippen molar-refractivity contribution in [3.05, 3.63) is 18.0 Å². The zero-order valence-electron chi connectivity index (χ0n) is 18.3. The number of rotatable bonds is 7. The van der Waals surface area contributed by atoms with Gasteiger partial charge in [-0.2, -0.15) is 0 Å². The van der Waals surface area contributed by atoms with Crippen molar-refractivity contribution in [1.82, 2.24) is 25.2 Å². The van der Waals surface area contributed by atoms with Gasteiger partial charge in [0.05, 0.1) is 5.69 Å². The van der Waals surface area contributed by atoms with Gasteiger partial charge in [-0.25, -0.2) is 0 Å². The Morgan fingerprint density at radius 1 is 1.17 bits per heavy atom. The fourth-order valence-electron chi connectivity index (χ4n) is 4.55. The van der Waals surface area contributed by atoms with Gasteiger partial charge in [-0.3, -0.25) is 9.89 Å². The summed E-state index contributed by atoms with van der Waals surface area (Å²) in [6.45, 7) is 17.3. The van der Waals surface area contributed by atoms with Gasteiger partial charge in [-0.15, -0.1) is 24.0 Å². The minimum Gasteiger partial charge on any atom is -0.364 e. The molecule has 0 amide bonds. The maximum atomic E-state index is 4.94. The molecule has 1 aromatic heterocycles. The van der Waals surface area contributed by atoms with Gasteiger partial charge in [-0.1, -0.05) is 19.0 Å². The van der Waals surface area contributed by atoms with Crippen LogP contribution in [0.2, 0.25) is 0 Å². The predicted octanol–water partition coefficient (Wildman–Crippen LogP) is 2.74. The molecule has 7 nitrogen and oxygen atoms in total. The van der Waals surface area contributed by atoms with Crippen LogP contribution in [0.1, 0.15) is 39.3 Å². The average Bonchev–Trinajstić information content (AvgIpc) is 3.17. The number of aliphatic imine (C=N–C) groups is 1. The van der Waals surface area contributed by atoms with Crippen LogP contribution < -0.4 is 5.32 Å². The van der Waals surface area contributed by atoms with Crippen LogP contribution in [0.3, 0.4) is 0 Å². The Kier molecular flexibility index (Phi) is 10.7. The highest BCUT2D eigenvalue weighted by atomic mass is 127. The van der Waals surface area contributed by atoms with E-state index in [1.165, 1.54) is 26.1 Å². The van der Waals surface area contributed by atoms with Crippen molar-refractivity contribution in [2.24, 2.45) is 16.8 Å². The first-order valence-corrected chi connectivity index (χ1v) is 11.0. The van der Waals surface area contributed by atoms with E-state index in [1.54, 1.807) is 6.26 Å². The Morgan fingerprint density at radius 2 is 1.90 bits per heavy atom. The van der Waals surface area contributed by atoms with E-state index in [0.29, 0.717) is 0 Å². The molecule has 0 aromatic carbocycles. The lowest BCUT2D eigenvalue weighted by Crippen LogP contribution is -2.52. The number of aromatic nitrogens is 1. The van der Waals surface area contributed by atoms with Crippen molar-refractivity contribution >= 4 is 29.9 Å². The van der Waals surface area contributed by atoms with Crippen LogP contribution in [0.15, 0.2) is 21.8 Å². The van der Waals surface area contributed by atoms with Crippen molar-refractivity contribution in [2.45, 2.75) is 40.2 Å². The number of hydrogen-bond acceptors (Lipinski definition) is 5. The Balaban J connectivity index is 0.00000300. The molecule has 2 aliphatic rings. The second-order valence-electron chi connectivity index (χ2n) is 8.55. The molecular weight excluding hydrogens is 479 g/mol. The highest BCUT2D eigenvalue weighted by Crippen LogP contribution is 2.20. The lowest BCUT2D eigenvalue weighted by molar-refractivity contribution is 0.140. The standard InChI is InChI=1S/C21H38N6O.HI/c1-4-22-21(23-7-5-8-26-15-18(2)14-19(3)16-26)27-11-9-25(10-12-27)17-20-6-13-28-24-20;/h6,13,18-19H,4-5,7-12,14-17H2,1-3H3,(H,22,23);1H. The lowest BCUT2D eigenvalue weighted by Gasteiger charge is -2.36. The summed E-state index contributed by atoms with van der Waals surface area (Å²) in [5.74, 6) is 2.74. The van der Waals surface area contributed by atoms with Crippen LogP contribution in [-0.2, 0) is 6.54 Å². The first-order valence-electron chi connectivity index (χ1n) is 11.0. The molecule has 2 saturated heterocycles. The number of likely N-dealkylation sites (tertiary alicyclic amines) is 1. The van der Waals surface area contributed by atoms with Gasteiger partial charge in [0.1, 0.15) is 6.26 Å². The van der Waals surface area contributed by atoms with E-state index in [-0.39, 0.29) is 24.0 Å². The molecule has 29 heavy (non-hydrogen) atoms. The molecule has 2 fully saturated rings. The largest absolute Gasteiger partial charge is 0.364 e. The van der Waals surface area contributed by atoms with Gasteiger partial charge in [0, 0.05) is 65.0 Å². The number of nitrogens with zero attached hydrogens (tertiary/aromatic N) is 5. The zero-order valence-corrected chi connectivity index (χ0v) is 20.7. The van der Waals surface area contributed by atoms with Crippen molar-refractivity contribution < 1.29 is 4.52 Å². The molecule has 2 aliphatic heterocycles. The number of hydrogen-bond donors (Lipinski definition) is 1. The van der Waals surface area contributed by atoms with Crippen LogP contribution in [-0.4, -0.2) is 84.7 Å². The van der Waals surface area contributed by atoms with E-state index in [2.05, 4.69) is 45.9 Å². The third-order valence-corrected chi connectivity index (χ3v) is 5.72. The third-order valence-electron chi connectivity index (χ3n) is 5.72. The monoisotopic (exact) mass is 518 g/mol. The number of nitrogens with one attached hydrogen (secondary N) is 1. The minimum atomic E-state index is 0. The van der Waals surface area contributed by atoms with Crippen LogP contribution in [0.25, 0.3) is 0 Å². The van der Waals surface area contributed by atoms with Gasteiger partial charge < -0.3 is 19.6 Å². The molecule has 3 rings (SSSR count). The summed E-state index contributed by atoms with van der Waals surface area (Å²) in [5, 5.41) is 7.50. The summed E-state index contributed by atoms with van der Waals surface area (Å²) in [5.41, 5.74) is 1.01. The Labute approximate surface area is 193 Å². The zero-order chi connectivity index (χ0) is 19.8. The van der Waals surface area contributed by atoms with Crippen LogP contribution in [0, 0.1) is 11.8 Å². The summed E-state index contributed by atoms with van der Waals surface area (Å²) in [6, 6.07) is 1.95. The quantitative estimate of drug-likeness (QED) is 0.259. The molecule has 3 heterocycles. The van der Waals surface area contributed by atoms with Gasteiger partial charge in [0.15, 0.2) is 5.96 Å². The smallest absolute Gasteiger partial charge is 0.194 e. The van der Waals surface area contributed by atoms with E-state index in [1.807, 2.05) is 6.07 Å². The van der Waals surface area contributed by atoms with Crippen LogP contribution >= 0.6 is 24.0 Å². The van der Waals surface area contributed by atoms with E-state index in [9.17, 15) is 0 Å². The summed E-state index contributed by atoms with van der Waals surface area (Å²) in [6.07, 6.45) is 4.16. The molecule has 8 heteroatoms. The Bertz CT molecular complexity index is 578. The molecule has 166 valence electrons. The minimum absolute atomic E-state index is 0. The number of piperidine rings is 1. The molecular formula is C21H39IN6O. The van der Waals surface area contributed by atoms with Crippen molar-refractivity contribution in [2.75, 3.05) is 58.9 Å². The van der Waals surface area contributed by atoms with E-state index < -0.39 is 0 Å². The first-order chi connectivity index (χ1) is 13.6. The van der Waals surface area contributed by atoms with Gasteiger partial charge in [-0.05, 0) is 38.1 Å². The molecule has 1 aromatic rings. The lowest BCUT2D eigenvalue weighted by atomic mass is 9.92. The van der Waals surface area contributed by atoms with Crippen molar-refractivity contribution in [3.8, 4) is 0 Å². The van der Waals surface area contributed by atoms with Gasteiger partial charge >= 0.3 is 0 Å². The molecule has 0 spiro atoms. The Hall–Kier alpha value is -0.870. The van der Waals surface area contributed by atoms with E-state index in [0.717, 1.165) is 75.7 Å². The normalized spacial score (nSPS) is 24.4. The summed E-state index contributed by atoms with van der Waals surface area (Å²) >= 11 is 0.